The number of primary amides is 1. The molecule has 0 aromatic heterocycles. The Labute approximate surface area is 83.3 Å². The summed E-state index contributed by atoms with van der Waals surface area (Å²) in [7, 11) is 3.19. The molecule has 2 amide bonds. The second kappa shape index (κ2) is 6.33. The second-order valence-corrected chi connectivity index (χ2v) is 3.37. The number of likely N-dealkylation sites (N-methyl/N-ethyl adjacent to an activating group) is 1. The van der Waals surface area contributed by atoms with E-state index in [1.165, 1.54) is 18.7 Å². The lowest BCUT2D eigenvalue weighted by Crippen LogP contribution is -2.37. The normalized spacial score (nSPS) is 9.86. The molecule has 0 spiro atoms. The van der Waals surface area contributed by atoms with Gasteiger partial charge >= 0.3 is 0 Å². The lowest BCUT2D eigenvalue weighted by molar-refractivity contribution is -0.133. The molecule has 14 heavy (non-hydrogen) atoms. The Kier molecular flexibility index (Phi) is 6.94. The lowest BCUT2D eigenvalue weighted by atomic mass is 10.1. The molecule has 4 N–H and O–H groups in total. The predicted octanol–water partition coefficient (Wildman–Crippen LogP) is -1.69. The third-order valence-electron chi connectivity index (χ3n) is 1.24. The van der Waals surface area contributed by atoms with Gasteiger partial charge in [-0.05, 0) is 13.8 Å². The van der Waals surface area contributed by atoms with Crippen molar-refractivity contribution in [3.63, 3.8) is 0 Å². The number of carbonyl (C=O) groups is 2. The van der Waals surface area contributed by atoms with E-state index in [0.717, 1.165) is 0 Å². The fourth-order valence-corrected chi connectivity index (χ4v) is 0.141. The minimum absolute atomic E-state index is 0.264. The van der Waals surface area contributed by atoms with E-state index in [2.05, 4.69) is 5.73 Å². The highest BCUT2D eigenvalue weighted by Gasteiger charge is 2.18. The maximum Gasteiger partial charge on any atom is 0.248 e. The first-order chi connectivity index (χ1) is 6.12. The van der Waals surface area contributed by atoms with Gasteiger partial charge in [-0.2, -0.15) is 0 Å². The van der Waals surface area contributed by atoms with Crippen molar-refractivity contribution in [1.29, 1.82) is 0 Å². The number of rotatable bonds is 2. The average molecular weight is 206 g/mol. The maximum absolute atomic E-state index is 10.2. The molecule has 0 saturated carbocycles. The number of carbonyl (C=O) groups excluding carboxylic acids is 2. The van der Waals surface area contributed by atoms with Crippen molar-refractivity contribution in [2.45, 2.75) is 19.4 Å². The number of hydrogen-bond acceptors (Lipinski definition) is 4. The van der Waals surface area contributed by atoms with Gasteiger partial charge in [-0.3, -0.25) is 9.59 Å². The summed E-state index contributed by atoms with van der Waals surface area (Å²) in [4.78, 5) is 21.5. The van der Waals surface area contributed by atoms with Crippen LogP contribution >= 0.6 is 0 Å². The van der Waals surface area contributed by atoms with Gasteiger partial charge in [-0.25, -0.2) is 0 Å². The largest absolute Gasteiger partial charge is 0.387 e. The molecule has 0 aliphatic rings. The quantitative estimate of drug-likeness (QED) is 0.501. The van der Waals surface area contributed by atoms with Crippen LogP contribution in [0.1, 0.15) is 13.8 Å². The Morgan fingerprint density at radius 2 is 1.64 bits per heavy atom. The summed E-state index contributed by atoms with van der Waals surface area (Å²) in [5, 5.41) is 16.7. The lowest BCUT2D eigenvalue weighted by Gasteiger charge is -2.09. The molecule has 0 radical (unpaired) electrons. The smallest absolute Gasteiger partial charge is 0.248 e. The number of aliphatic hydroxyl groups excluding tert-OH is 1. The highest BCUT2D eigenvalue weighted by Crippen LogP contribution is 1.95. The number of nitrogens with two attached hydrogens (primary N) is 1. The van der Waals surface area contributed by atoms with Crippen LogP contribution in [0.2, 0.25) is 0 Å². The van der Waals surface area contributed by atoms with Crippen molar-refractivity contribution in [3.05, 3.63) is 0 Å². The van der Waals surface area contributed by atoms with E-state index in [1.54, 1.807) is 14.1 Å². The topological polar surface area (TPSA) is 104 Å². The molecule has 0 aliphatic heterocycles. The first-order valence-electron chi connectivity index (χ1n) is 3.96. The molecule has 6 heteroatoms. The average Bonchev–Trinajstić information content (AvgIpc) is 2.02. The van der Waals surface area contributed by atoms with Crippen molar-refractivity contribution < 1.29 is 19.8 Å². The fraction of sp³-hybridized carbons (Fsp3) is 0.750. The van der Waals surface area contributed by atoms with Crippen LogP contribution < -0.4 is 5.73 Å². The molecule has 0 aromatic carbocycles. The minimum Gasteiger partial charge on any atom is -0.387 e. The number of hydrogen-bond donors (Lipinski definition) is 3. The summed E-state index contributed by atoms with van der Waals surface area (Å²) in [6, 6.07) is 0. The predicted molar refractivity (Wildman–Crippen MR) is 51.3 cm³/mol. The zero-order chi connectivity index (χ0) is 11.9. The van der Waals surface area contributed by atoms with Gasteiger partial charge in [0.25, 0.3) is 0 Å². The zero-order valence-electron chi connectivity index (χ0n) is 8.94. The summed E-state index contributed by atoms with van der Waals surface area (Å²) in [6.45, 7) is 2.29. The fourth-order valence-electron chi connectivity index (χ4n) is 0.141. The molecule has 0 aromatic rings. The summed E-state index contributed by atoms with van der Waals surface area (Å²) in [5.41, 5.74) is 3.32. The van der Waals surface area contributed by atoms with E-state index in [4.69, 9.17) is 10.2 Å². The van der Waals surface area contributed by atoms with Crippen molar-refractivity contribution in [2.24, 2.45) is 5.73 Å². The Bertz CT molecular complexity index is 194. The SMILES string of the molecule is CC(C)(O)C(N)=O.CN(C)C(=O)CO. The van der Waals surface area contributed by atoms with E-state index in [0.29, 0.717) is 0 Å². The van der Waals surface area contributed by atoms with E-state index >= 15 is 0 Å². The van der Waals surface area contributed by atoms with Crippen LogP contribution in [0.4, 0.5) is 0 Å². The Balaban J connectivity index is 0. The van der Waals surface area contributed by atoms with Gasteiger partial charge in [0.15, 0.2) is 0 Å². The van der Waals surface area contributed by atoms with Gasteiger partial charge < -0.3 is 20.8 Å². The highest BCUT2D eigenvalue weighted by molar-refractivity contribution is 5.81. The summed E-state index contributed by atoms with van der Waals surface area (Å²) in [5.74, 6) is -0.965. The van der Waals surface area contributed by atoms with Crippen LogP contribution in [0.25, 0.3) is 0 Å². The third kappa shape index (κ3) is 8.95. The summed E-state index contributed by atoms with van der Waals surface area (Å²) in [6.07, 6.45) is 0. The first-order valence-corrected chi connectivity index (χ1v) is 3.96. The van der Waals surface area contributed by atoms with Crippen molar-refractivity contribution >= 4 is 11.8 Å². The summed E-state index contributed by atoms with van der Waals surface area (Å²) >= 11 is 0. The first kappa shape index (κ1) is 15.3. The second-order valence-electron chi connectivity index (χ2n) is 3.37. The van der Waals surface area contributed by atoms with Crippen LogP contribution in [0.5, 0.6) is 0 Å². The van der Waals surface area contributed by atoms with Crippen molar-refractivity contribution in [2.75, 3.05) is 20.7 Å². The van der Waals surface area contributed by atoms with Crippen molar-refractivity contribution in [1.82, 2.24) is 4.90 Å². The maximum atomic E-state index is 10.2. The molecule has 0 unspecified atom stereocenters. The molecule has 84 valence electrons. The van der Waals surface area contributed by atoms with Crippen LogP contribution in [-0.4, -0.2) is 53.2 Å². The van der Waals surface area contributed by atoms with Gasteiger partial charge in [0, 0.05) is 14.1 Å². The number of aliphatic hydroxyl groups is 2. The molecule has 0 heterocycles. The van der Waals surface area contributed by atoms with Gasteiger partial charge in [0.2, 0.25) is 11.8 Å². The minimum atomic E-state index is -1.36. The Morgan fingerprint density at radius 1 is 1.36 bits per heavy atom. The van der Waals surface area contributed by atoms with Gasteiger partial charge in [-0.15, -0.1) is 0 Å². The molecule has 0 bridgehead atoms. The molecular formula is C8H18N2O4. The van der Waals surface area contributed by atoms with E-state index in [-0.39, 0.29) is 5.91 Å². The number of amides is 2. The van der Waals surface area contributed by atoms with Gasteiger partial charge in [-0.1, -0.05) is 0 Å². The van der Waals surface area contributed by atoms with Crippen LogP contribution in [-0.2, 0) is 9.59 Å². The van der Waals surface area contributed by atoms with E-state index < -0.39 is 18.1 Å². The highest BCUT2D eigenvalue weighted by atomic mass is 16.3. The Morgan fingerprint density at radius 3 is 1.64 bits per heavy atom. The van der Waals surface area contributed by atoms with Crippen LogP contribution in [0.15, 0.2) is 0 Å². The van der Waals surface area contributed by atoms with Gasteiger partial charge in [0.05, 0.1) is 0 Å². The molecule has 0 aliphatic carbocycles. The Hall–Kier alpha value is -1.14. The molecule has 0 saturated heterocycles. The molecule has 6 nitrogen and oxygen atoms in total. The van der Waals surface area contributed by atoms with E-state index in [9.17, 15) is 9.59 Å². The monoisotopic (exact) mass is 206 g/mol. The van der Waals surface area contributed by atoms with Crippen molar-refractivity contribution in [3.8, 4) is 0 Å². The molecule has 0 rings (SSSR count). The van der Waals surface area contributed by atoms with Crippen LogP contribution in [0.3, 0.4) is 0 Å². The molecular weight excluding hydrogens is 188 g/mol. The van der Waals surface area contributed by atoms with Gasteiger partial charge in [0.1, 0.15) is 12.2 Å². The number of nitrogens with zero attached hydrogens (tertiary/aromatic N) is 1. The third-order valence-corrected chi connectivity index (χ3v) is 1.24. The molecule has 0 atom stereocenters. The summed E-state index contributed by atoms with van der Waals surface area (Å²) < 4.78 is 0. The zero-order valence-corrected chi connectivity index (χ0v) is 8.94. The van der Waals surface area contributed by atoms with E-state index in [1.807, 2.05) is 0 Å². The standard InChI is InChI=1S/2C4H9NO2/c1-5(2)4(7)3-6;1-4(2,7)3(5)6/h6H,3H2,1-2H3;7H,1-2H3,(H2,5,6). The molecule has 0 fully saturated rings. The van der Waals surface area contributed by atoms with Crippen LogP contribution in [0, 0.1) is 0 Å².